The van der Waals surface area contributed by atoms with Gasteiger partial charge in [-0.15, -0.1) is 0 Å². The third kappa shape index (κ3) is 6.10. The predicted molar refractivity (Wildman–Crippen MR) is 109 cm³/mol. The summed E-state index contributed by atoms with van der Waals surface area (Å²) < 4.78 is 5.94. The van der Waals surface area contributed by atoms with E-state index in [0.29, 0.717) is 18.7 Å². The molecule has 0 aromatic heterocycles. The van der Waals surface area contributed by atoms with Gasteiger partial charge < -0.3 is 10.1 Å². The van der Waals surface area contributed by atoms with Crippen molar-refractivity contribution in [3.05, 3.63) is 65.7 Å². The first-order chi connectivity index (χ1) is 13.1. The van der Waals surface area contributed by atoms with Gasteiger partial charge in [-0.1, -0.05) is 42.5 Å². The third-order valence-corrected chi connectivity index (χ3v) is 5.24. The average Bonchev–Trinajstić information content (AvgIpc) is 2.65. The van der Waals surface area contributed by atoms with E-state index in [9.17, 15) is 4.79 Å². The molecular weight excluding hydrogens is 336 g/mol. The van der Waals surface area contributed by atoms with E-state index >= 15 is 0 Å². The summed E-state index contributed by atoms with van der Waals surface area (Å²) in [5.41, 5.74) is 2.62. The monoisotopic (exact) mass is 366 g/mol. The van der Waals surface area contributed by atoms with Gasteiger partial charge in [0.25, 0.3) is 0 Å². The predicted octanol–water partition coefficient (Wildman–Crippen LogP) is 3.65. The molecule has 0 bridgehead atoms. The van der Waals surface area contributed by atoms with Crippen molar-refractivity contribution in [2.45, 2.75) is 45.2 Å². The highest BCUT2D eigenvalue weighted by atomic mass is 16.5. The minimum atomic E-state index is 0.0692. The number of carbonyl (C=O) groups is 1. The maximum atomic E-state index is 11.2. The topological polar surface area (TPSA) is 41.6 Å². The van der Waals surface area contributed by atoms with Crippen LogP contribution in [0.2, 0.25) is 0 Å². The van der Waals surface area contributed by atoms with E-state index in [1.54, 1.807) is 6.92 Å². The summed E-state index contributed by atoms with van der Waals surface area (Å²) in [6, 6.07) is 19.7. The number of nitrogens with one attached hydrogen (secondary N) is 1. The molecule has 1 aliphatic rings. The number of carbonyl (C=O) groups excluding carboxylic acids is 1. The zero-order valence-electron chi connectivity index (χ0n) is 16.4. The molecule has 2 atom stereocenters. The average molecular weight is 367 g/mol. The van der Waals surface area contributed by atoms with Crippen molar-refractivity contribution in [3.63, 3.8) is 0 Å². The fourth-order valence-corrected chi connectivity index (χ4v) is 3.79. The summed E-state index contributed by atoms with van der Waals surface area (Å²) in [4.78, 5) is 13.7. The maximum Gasteiger partial charge on any atom is 0.217 e. The Morgan fingerprint density at radius 1 is 1.11 bits per heavy atom. The molecule has 0 spiro atoms. The van der Waals surface area contributed by atoms with Gasteiger partial charge in [-0.2, -0.15) is 0 Å². The molecule has 1 saturated heterocycles. The van der Waals surface area contributed by atoms with Gasteiger partial charge in [0.2, 0.25) is 5.91 Å². The standard InChI is InChI=1S/C23H30N2O2/c1-18-16-22(24-19(2)26)12-13-25(18)14-15-27-23-10-8-21(9-11-23)17-20-6-4-3-5-7-20/h3-11,18,22H,12-17H2,1-2H3,(H,24,26)/t18-,22+/m0/s1. The molecule has 1 heterocycles. The van der Waals surface area contributed by atoms with E-state index in [4.69, 9.17) is 4.74 Å². The highest BCUT2D eigenvalue weighted by Crippen LogP contribution is 2.18. The van der Waals surface area contributed by atoms with Gasteiger partial charge in [-0.05, 0) is 49.4 Å². The highest BCUT2D eigenvalue weighted by molar-refractivity contribution is 5.73. The second-order valence-corrected chi connectivity index (χ2v) is 7.46. The maximum absolute atomic E-state index is 11.2. The lowest BCUT2D eigenvalue weighted by Gasteiger charge is -2.37. The SMILES string of the molecule is CC(=O)N[C@@H]1CCN(CCOc2ccc(Cc3ccccc3)cc2)[C@@H](C)C1. The van der Waals surface area contributed by atoms with Crippen LogP contribution in [0.15, 0.2) is 54.6 Å². The number of hydrogen-bond donors (Lipinski definition) is 1. The van der Waals surface area contributed by atoms with Crippen LogP contribution < -0.4 is 10.1 Å². The number of piperidine rings is 1. The van der Waals surface area contributed by atoms with Crippen molar-refractivity contribution < 1.29 is 9.53 Å². The molecule has 2 aromatic rings. The van der Waals surface area contributed by atoms with Crippen molar-refractivity contribution in [1.82, 2.24) is 10.2 Å². The lowest BCUT2D eigenvalue weighted by Crippen LogP contribution is -2.49. The molecule has 1 fully saturated rings. The molecule has 0 radical (unpaired) electrons. The molecule has 2 aromatic carbocycles. The van der Waals surface area contributed by atoms with E-state index in [2.05, 4.69) is 65.7 Å². The van der Waals surface area contributed by atoms with Gasteiger partial charge in [-0.3, -0.25) is 9.69 Å². The Labute approximate surface area is 162 Å². The molecule has 1 N–H and O–H groups in total. The van der Waals surface area contributed by atoms with Crippen LogP contribution >= 0.6 is 0 Å². The molecule has 0 saturated carbocycles. The fraction of sp³-hybridized carbons (Fsp3) is 0.435. The molecule has 27 heavy (non-hydrogen) atoms. The fourth-order valence-electron chi connectivity index (χ4n) is 3.79. The zero-order chi connectivity index (χ0) is 19.1. The number of benzene rings is 2. The van der Waals surface area contributed by atoms with Gasteiger partial charge in [0, 0.05) is 32.1 Å². The normalized spacial score (nSPS) is 20.2. The number of ether oxygens (including phenoxy) is 1. The van der Waals surface area contributed by atoms with Gasteiger partial charge in [0.05, 0.1) is 0 Å². The van der Waals surface area contributed by atoms with Crippen LogP contribution in [0.25, 0.3) is 0 Å². The number of nitrogens with zero attached hydrogens (tertiary/aromatic N) is 1. The molecule has 4 heteroatoms. The molecule has 1 aliphatic heterocycles. The summed E-state index contributed by atoms with van der Waals surface area (Å²) >= 11 is 0. The first-order valence-corrected chi connectivity index (χ1v) is 9.87. The van der Waals surface area contributed by atoms with E-state index in [1.165, 1.54) is 11.1 Å². The Bertz CT molecular complexity index is 715. The number of likely N-dealkylation sites (tertiary alicyclic amines) is 1. The first kappa shape index (κ1) is 19.4. The summed E-state index contributed by atoms with van der Waals surface area (Å²) in [5.74, 6) is 0.993. The summed E-state index contributed by atoms with van der Waals surface area (Å²) in [6.07, 6.45) is 2.97. The number of hydrogen-bond acceptors (Lipinski definition) is 3. The smallest absolute Gasteiger partial charge is 0.217 e. The van der Waals surface area contributed by atoms with Crippen LogP contribution in [0.3, 0.4) is 0 Å². The van der Waals surface area contributed by atoms with Crippen molar-refractivity contribution in [2.75, 3.05) is 19.7 Å². The molecule has 1 amide bonds. The van der Waals surface area contributed by atoms with E-state index < -0.39 is 0 Å². The highest BCUT2D eigenvalue weighted by Gasteiger charge is 2.25. The van der Waals surface area contributed by atoms with E-state index in [1.807, 2.05) is 6.07 Å². The zero-order valence-corrected chi connectivity index (χ0v) is 16.4. The number of rotatable bonds is 7. The lowest BCUT2D eigenvalue weighted by molar-refractivity contribution is -0.120. The molecule has 0 unspecified atom stereocenters. The van der Waals surface area contributed by atoms with Crippen LogP contribution in [0.4, 0.5) is 0 Å². The minimum Gasteiger partial charge on any atom is -0.492 e. The summed E-state index contributed by atoms with van der Waals surface area (Å²) in [6.45, 7) is 6.43. The quantitative estimate of drug-likeness (QED) is 0.813. The van der Waals surface area contributed by atoms with Gasteiger partial charge in [-0.25, -0.2) is 0 Å². The van der Waals surface area contributed by atoms with Crippen LogP contribution in [-0.2, 0) is 11.2 Å². The molecule has 0 aliphatic carbocycles. The molecule has 3 rings (SSSR count). The minimum absolute atomic E-state index is 0.0692. The second kappa shape index (κ2) is 9.56. The van der Waals surface area contributed by atoms with Crippen LogP contribution in [0, 0.1) is 0 Å². The van der Waals surface area contributed by atoms with Gasteiger partial charge in [0.15, 0.2) is 0 Å². The van der Waals surface area contributed by atoms with Crippen molar-refractivity contribution in [3.8, 4) is 5.75 Å². The molecule has 144 valence electrons. The Morgan fingerprint density at radius 3 is 2.48 bits per heavy atom. The molecule has 4 nitrogen and oxygen atoms in total. The Kier molecular flexibility index (Phi) is 6.88. The third-order valence-electron chi connectivity index (χ3n) is 5.24. The van der Waals surface area contributed by atoms with Crippen LogP contribution in [0.5, 0.6) is 5.75 Å². The first-order valence-electron chi connectivity index (χ1n) is 9.87. The number of amides is 1. The Morgan fingerprint density at radius 2 is 1.81 bits per heavy atom. The van der Waals surface area contributed by atoms with Gasteiger partial charge in [0.1, 0.15) is 12.4 Å². The van der Waals surface area contributed by atoms with E-state index in [0.717, 1.165) is 38.1 Å². The Hall–Kier alpha value is -2.33. The van der Waals surface area contributed by atoms with E-state index in [-0.39, 0.29) is 5.91 Å². The summed E-state index contributed by atoms with van der Waals surface area (Å²) in [7, 11) is 0. The van der Waals surface area contributed by atoms with Crippen LogP contribution in [0.1, 0.15) is 37.8 Å². The molecular formula is C23H30N2O2. The van der Waals surface area contributed by atoms with Crippen molar-refractivity contribution >= 4 is 5.91 Å². The van der Waals surface area contributed by atoms with Crippen molar-refractivity contribution in [2.24, 2.45) is 0 Å². The lowest BCUT2D eigenvalue weighted by atomic mass is 9.98. The second-order valence-electron chi connectivity index (χ2n) is 7.46. The van der Waals surface area contributed by atoms with Crippen LogP contribution in [-0.4, -0.2) is 42.6 Å². The Balaban J connectivity index is 1.41. The largest absolute Gasteiger partial charge is 0.492 e. The summed E-state index contributed by atoms with van der Waals surface area (Å²) in [5, 5.41) is 3.04. The van der Waals surface area contributed by atoms with Crippen molar-refractivity contribution in [1.29, 1.82) is 0 Å². The van der Waals surface area contributed by atoms with Gasteiger partial charge >= 0.3 is 0 Å².